The number of benzene rings is 3. The van der Waals surface area contributed by atoms with Gasteiger partial charge in [-0.05, 0) is 36.1 Å². The lowest BCUT2D eigenvalue weighted by Gasteiger charge is -2.11. The van der Waals surface area contributed by atoms with Crippen molar-refractivity contribution in [1.29, 1.82) is 0 Å². The first-order valence-corrected chi connectivity index (χ1v) is 9.73. The zero-order chi connectivity index (χ0) is 18.6. The van der Waals surface area contributed by atoms with E-state index in [1.54, 1.807) is 49.4 Å². The molecule has 0 amide bonds. The van der Waals surface area contributed by atoms with Crippen molar-refractivity contribution in [3.63, 3.8) is 0 Å². The van der Waals surface area contributed by atoms with E-state index < -0.39 is 10.0 Å². The number of hydrogen-bond donors (Lipinski definition) is 1. The smallest absolute Gasteiger partial charge is 0.310 e. The third-order valence-electron chi connectivity index (χ3n) is 3.90. The van der Waals surface area contributed by atoms with Crippen LogP contribution >= 0.6 is 0 Å². The van der Waals surface area contributed by atoms with Gasteiger partial charge in [0.1, 0.15) is 0 Å². The number of fused-ring (bicyclic) bond motifs is 1. The Morgan fingerprint density at radius 3 is 2.38 bits per heavy atom. The van der Waals surface area contributed by atoms with E-state index in [1.807, 2.05) is 24.3 Å². The maximum Gasteiger partial charge on any atom is 0.310 e. The summed E-state index contributed by atoms with van der Waals surface area (Å²) in [6.07, 6.45) is 0.157. The highest BCUT2D eigenvalue weighted by molar-refractivity contribution is 7.93. The van der Waals surface area contributed by atoms with Crippen molar-refractivity contribution in [3.05, 3.63) is 72.3 Å². The number of rotatable bonds is 6. The molecule has 0 spiro atoms. The van der Waals surface area contributed by atoms with Crippen molar-refractivity contribution in [1.82, 2.24) is 0 Å². The molecule has 1 N–H and O–H groups in total. The average molecular weight is 369 g/mol. The molecule has 0 bridgehead atoms. The Bertz CT molecular complexity index is 1020. The molecule has 0 unspecified atom stereocenters. The van der Waals surface area contributed by atoms with Crippen molar-refractivity contribution in [2.75, 3.05) is 11.3 Å². The van der Waals surface area contributed by atoms with Gasteiger partial charge < -0.3 is 4.74 Å². The third-order valence-corrected chi connectivity index (χ3v) is 5.34. The van der Waals surface area contributed by atoms with E-state index >= 15 is 0 Å². The van der Waals surface area contributed by atoms with Gasteiger partial charge in [-0.2, -0.15) is 0 Å². The van der Waals surface area contributed by atoms with Crippen molar-refractivity contribution in [2.24, 2.45) is 0 Å². The van der Waals surface area contributed by atoms with Gasteiger partial charge in [0, 0.05) is 11.1 Å². The fraction of sp³-hybridized carbons (Fsp3) is 0.150. The van der Waals surface area contributed by atoms with E-state index in [-0.39, 0.29) is 17.3 Å². The highest BCUT2D eigenvalue weighted by atomic mass is 32.2. The van der Waals surface area contributed by atoms with Crippen molar-refractivity contribution in [3.8, 4) is 0 Å². The first-order valence-electron chi connectivity index (χ1n) is 8.25. The molecule has 0 saturated carbocycles. The van der Waals surface area contributed by atoms with Crippen LogP contribution in [0.5, 0.6) is 0 Å². The van der Waals surface area contributed by atoms with E-state index in [9.17, 15) is 13.2 Å². The predicted octanol–water partition coefficient (Wildman–Crippen LogP) is 3.75. The molecule has 134 valence electrons. The van der Waals surface area contributed by atoms with Gasteiger partial charge in [-0.1, -0.05) is 48.5 Å². The van der Waals surface area contributed by atoms with Gasteiger partial charge >= 0.3 is 5.97 Å². The number of sulfonamides is 1. The summed E-state index contributed by atoms with van der Waals surface area (Å²) in [4.78, 5) is 11.7. The van der Waals surface area contributed by atoms with Crippen LogP contribution in [0.15, 0.2) is 71.6 Å². The lowest BCUT2D eigenvalue weighted by molar-refractivity contribution is -0.142. The quantitative estimate of drug-likeness (QED) is 0.672. The second-order valence-electron chi connectivity index (χ2n) is 5.76. The molecule has 0 fully saturated rings. The summed E-state index contributed by atoms with van der Waals surface area (Å²) in [6.45, 7) is 2.09. The summed E-state index contributed by atoms with van der Waals surface area (Å²) < 4.78 is 33.0. The van der Waals surface area contributed by atoms with E-state index in [4.69, 9.17) is 4.74 Å². The fourth-order valence-electron chi connectivity index (χ4n) is 2.71. The second kappa shape index (κ2) is 7.58. The number of carbonyl (C=O) groups is 1. The molecule has 6 heteroatoms. The van der Waals surface area contributed by atoms with E-state index in [2.05, 4.69) is 4.72 Å². The zero-order valence-corrected chi connectivity index (χ0v) is 15.1. The third kappa shape index (κ3) is 4.03. The van der Waals surface area contributed by atoms with Crippen LogP contribution in [0.4, 0.5) is 5.69 Å². The Labute approximate surface area is 152 Å². The minimum atomic E-state index is -3.73. The Morgan fingerprint density at radius 1 is 0.962 bits per heavy atom. The molecule has 0 aliphatic carbocycles. The van der Waals surface area contributed by atoms with Gasteiger partial charge in [0.05, 0.1) is 17.9 Å². The SMILES string of the molecule is CCOC(=O)Cc1ccc(NS(=O)(=O)c2cccc3ccccc23)cc1. The maximum atomic E-state index is 12.8. The van der Waals surface area contributed by atoms with Crippen molar-refractivity contribution in [2.45, 2.75) is 18.2 Å². The highest BCUT2D eigenvalue weighted by Gasteiger charge is 2.17. The van der Waals surface area contributed by atoms with Crippen LogP contribution in [-0.4, -0.2) is 21.0 Å². The summed E-state index contributed by atoms with van der Waals surface area (Å²) in [5, 5.41) is 1.53. The lowest BCUT2D eigenvalue weighted by atomic mass is 10.1. The molecule has 5 nitrogen and oxygen atoms in total. The molecule has 0 aliphatic heterocycles. The normalized spacial score (nSPS) is 11.3. The Kier molecular flexibility index (Phi) is 5.23. The predicted molar refractivity (Wildman–Crippen MR) is 102 cm³/mol. The molecule has 0 atom stereocenters. The zero-order valence-electron chi connectivity index (χ0n) is 14.3. The van der Waals surface area contributed by atoms with Crippen LogP contribution in [0.25, 0.3) is 10.8 Å². The molecule has 3 rings (SSSR count). The van der Waals surface area contributed by atoms with Gasteiger partial charge in [0.2, 0.25) is 0 Å². The van der Waals surface area contributed by atoms with Gasteiger partial charge in [-0.3, -0.25) is 9.52 Å². The van der Waals surface area contributed by atoms with Crippen molar-refractivity contribution < 1.29 is 17.9 Å². The van der Waals surface area contributed by atoms with Gasteiger partial charge in [0.15, 0.2) is 0 Å². The molecule has 0 radical (unpaired) electrons. The monoisotopic (exact) mass is 369 g/mol. The summed E-state index contributed by atoms with van der Waals surface area (Å²) in [7, 11) is -3.73. The average Bonchev–Trinajstić information content (AvgIpc) is 2.63. The molecule has 3 aromatic carbocycles. The number of hydrogen-bond acceptors (Lipinski definition) is 4. The van der Waals surface area contributed by atoms with Gasteiger partial charge in [-0.15, -0.1) is 0 Å². The van der Waals surface area contributed by atoms with E-state index in [0.29, 0.717) is 17.7 Å². The minimum Gasteiger partial charge on any atom is -0.466 e. The van der Waals surface area contributed by atoms with Gasteiger partial charge in [0.25, 0.3) is 10.0 Å². The first kappa shape index (κ1) is 17.9. The van der Waals surface area contributed by atoms with Crippen LogP contribution < -0.4 is 4.72 Å². The summed E-state index contributed by atoms with van der Waals surface area (Å²) >= 11 is 0. The molecule has 26 heavy (non-hydrogen) atoms. The summed E-state index contributed by atoms with van der Waals surface area (Å²) in [5.74, 6) is -0.309. The highest BCUT2D eigenvalue weighted by Crippen LogP contribution is 2.25. The lowest BCUT2D eigenvalue weighted by Crippen LogP contribution is -2.13. The number of carbonyl (C=O) groups excluding carboxylic acids is 1. The molecule has 0 aliphatic rings. The second-order valence-corrected chi connectivity index (χ2v) is 7.41. The van der Waals surface area contributed by atoms with Crippen LogP contribution in [0.2, 0.25) is 0 Å². The number of esters is 1. The first-order chi connectivity index (χ1) is 12.5. The fourth-order valence-corrected chi connectivity index (χ4v) is 4.00. The maximum absolute atomic E-state index is 12.8. The topological polar surface area (TPSA) is 72.5 Å². The molecule has 3 aromatic rings. The van der Waals surface area contributed by atoms with Gasteiger partial charge in [-0.25, -0.2) is 8.42 Å². The minimum absolute atomic E-state index is 0.157. The van der Waals surface area contributed by atoms with Crippen LogP contribution in [-0.2, 0) is 26.0 Å². The molecule has 0 aromatic heterocycles. The van der Waals surface area contributed by atoms with Crippen molar-refractivity contribution >= 4 is 32.5 Å². The van der Waals surface area contributed by atoms with Crippen LogP contribution in [0.3, 0.4) is 0 Å². The Balaban J connectivity index is 1.82. The number of ether oxygens (including phenoxy) is 1. The summed E-state index contributed by atoms with van der Waals surface area (Å²) in [6, 6.07) is 19.2. The molecule has 0 saturated heterocycles. The van der Waals surface area contributed by atoms with E-state index in [1.165, 1.54) is 0 Å². The largest absolute Gasteiger partial charge is 0.466 e. The van der Waals surface area contributed by atoms with Crippen LogP contribution in [0, 0.1) is 0 Å². The van der Waals surface area contributed by atoms with E-state index in [0.717, 1.165) is 10.9 Å². The molecule has 0 heterocycles. The standard InChI is InChI=1S/C20H19NO4S/c1-2-25-20(22)14-15-10-12-17(13-11-15)21-26(23,24)19-9-5-7-16-6-3-4-8-18(16)19/h3-13,21H,2,14H2,1H3. The Hall–Kier alpha value is -2.86. The molecular formula is C20H19NO4S. The molecular weight excluding hydrogens is 350 g/mol. The number of nitrogens with one attached hydrogen (secondary N) is 1. The number of anilines is 1. The summed E-state index contributed by atoms with van der Waals surface area (Å²) in [5.41, 5.74) is 1.20. The van der Waals surface area contributed by atoms with Crippen LogP contribution in [0.1, 0.15) is 12.5 Å². The Morgan fingerprint density at radius 2 is 1.65 bits per heavy atom.